The Balaban J connectivity index is 2.40. The van der Waals surface area contributed by atoms with Gasteiger partial charge in [-0.15, -0.1) is 0 Å². The van der Waals surface area contributed by atoms with Crippen molar-refractivity contribution >= 4 is 21.7 Å². The molecule has 0 saturated heterocycles. The van der Waals surface area contributed by atoms with Crippen LogP contribution in [0.2, 0.25) is 0 Å². The molecule has 7 heteroatoms. The van der Waals surface area contributed by atoms with Crippen LogP contribution >= 0.6 is 0 Å². The molecule has 0 saturated carbocycles. The summed E-state index contributed by atoms with van der Waals surface area (Å²) in [5.74, 6) is -0.630. The zero-order chi connectivity index (χ0) is 16.3. The molecule has 0 spiro atoms. The van der Waals surface area contributed by atoms with Crippen LogP contribution in [0.1, 0.15) is 15.9 Å². The van der Waals surface area contributed by atoms with Gasteiger partial charge in [0.2, 0.25) is 0 Å². The molecular weight excluding hydrogens is 306 g/mol. The molecule has 2 N–H and O–H groups in total. The molecule has 116 valence electrons. The number of rotatable bonds is 5. The summed E-state index contributed by atoms with van der Waals surface area (Å²) in [7, 11) is -2.39. The number of nitrogens with one attached hydrogen (secondary N) is 1. The fourth-order valence-corrected chi connectivity index (χ4v) is 3.14. The molecule has 0 aliphatic rings. The molecule has 0 heterocycles. The summed E-state index contributed by atoms with van der Waals surface area (Å²) in [6.45, 7) is 1.73. The van der Waals surface area contributed by atoms with Crippen molar-refractivity contribution in [3.05, 3.63) is 53.6 Å². The van der Waals surface area contributed by atoms with E-state index in [0.717, 1.165) is 0 Å². The Morgan fingerprint density at radius 1 is 1.18 bits per heavy atom. The number of carbonyl (C=O) groups is 1. The molecule has 2 aromatic rings. The van der Waals surface area contributed by atoms with Gasteiger partial charge in [0.15, 0.2) is 0 Å². The molecular formula is C15H15NO5S. The number of aryl methyl sites for hydroxylation is 1. The molecule has 0 aliphatic carbocycles. The minimum Gasteiger partial charge on any atom is -0.496 e. The van der Waals surface area contributed by atoms with E-state index in [-0.39, 0.29) is 16.1 Å². The molecule has 0 amide bonds. The molecule has 0 fully saturated rings. The number of hydrogen-bond donors (Lipinski definition) is 2. The minimum atomic E-state index is -3.89. The van der Waals surface area contributed by atoms with Gasteiger partial charge < -0.3 is 9.84 Å². The molecule has 2 aromatic carbocycles. The van der Waals surface area contributed by atoms with E-state index in [0.29, 0.717) is 11.3 Å². The summed E-state index contributed by atoms with van der Waals surface area (Å²) in [6, 6.07) is 10.2. The van der Waals surface area contributed by atoms with Crippen molar-refractivity contribution in [3.63, 3.8) is 0 Å². The Hall–Kier alpha value is -2.54. The molecule has 0 unspecified atom stereocenters. The monoisotopic (exact) mass is 321 g/mol. The second-order valence-corrected chi connectivity index (χ2v) is 6.27. The van der Waals surface area contributed by atoms with Crippen LogP contribution in [-0.4, -0.2) is 26.6 Å². The van der Waals surface area contributed by atoms with Gasteiger partial charge in [-0.25, -0.2) is 13.2 Å². The van der Waals surface area contributed by atoms with Gasteiger partial charge in [0.1, 0.15) is 5.75 Å². The standard InChI is InChI=1S/C15H15NO5S/c1-10-9-11(7-8-14(10)21-2)22(19,20)16-13-6-4-3-5-12(13)15(17)18/h3-9,16H,1-2H3,(H,17,18). The fourth-order valence-electron chi connectivity index (χ4n) is 1.98. The first-order valence-electron chi connectivity index (χ1n) is 6.35. The minimum absolute atomic E-state index is 0.0171. The highest BCUT2D eigenvalue weighted by molar-refractivity contribution is 7.92. The number of anilines is 1. The van der Waals surface area contributed by atoms with Gasteiger partial charge in [-0.3, -0.25) is 4.72 Å². The van der Waals surface area contributed by atoms with Gasteiger partial charge in [-0.1, -0.05) is 12.1 Å². The fraction of sp³-hybridized carbons (Fsp3) is 0.133. The maximum absolute atomic E-state index is 12.4. The first-order chi connectivity index (χ1) is 10.3. The predicted octanol–water partition coefficient (Wildman–Crippen LogP) is 2.50. The van der Waals surface area contributed by atoms with Gasteiger partial charge in [0.05, 0.1) is 23.3 Å². The van der Waals surface area contributed by atoms with E-state index in [1.54, 1.807) is 19.1 Å². The lowest BCUT2D eigenvalue weighted by Gasteiger charge is -2.12. The van der Waals surface area contributed by atoms with E-state index in [1.165, 1.54) is 37.4 Å². The highest BCUT2D eigenvalue weighted by Gasteiger charge is 2.19. The Labute approximate surface area is 128 Å². The van der Waals surface area contributed by atoms with Crippen molar-refractivity contribution in [2.75, 3.05) is 11.8 Å². The van der Waals surface area contributed by atoms with Gasteiger partial charge in [0.25, 0.3) is 10.0 Å². The van der Waals surface area contributed by atoms with E-state index in [2.05, 4.69) is 4.72 Å². The lowest BCUT2D eigenvalue weighted by Crippen LogP contribution is -2.15. The molecule has 0 radical (unpaired) electrons. The van der Waals surface area contributed by atoms with Crippen molar-refractivity contribution < 1.29 is 23.1 Å². The average Bonchev–Trinajstić information content (AvgIpc) is 2.47. The molecule has 0 bridgehead atoms. The van der Waals surface area contributed by atoms with Crippen LogP contribution in [0.15, 0.2) is 47.4 Å². The zero-order valence-corrected chi connectivity index (χ0v) is 12.8. The summed E-state index contributed by atoms with van der Waals surface area (Å²) < 4.78 is 32.2. The van der Waals surface area contributed by atoms with Crippen LogP contribution in [0.25, 0.3) is 0 Å². The van der Waals surface area contributed by atoms with Crippen LogP contribution in [0.5, 0.6) is 5.75 Å². The Kier molecular flexibility index (Phi) is 4.37. The predicted molar refractivity (Wildman–Crippen MR) is 81.9 cm³/mol. The van der Waals surface area contributed by atoms with E-state index in [9.17, 15) is 13.2 Å². The van der Waals surface area contributed by atoms with Gasteiger partial charge in [0, 0.05) is 0 Å². The number of ether oxygens (including phenoxy) is 1. The Bertz CT molecular complexity index is 814. The third kappa shape index (κ3) is 3.20. The van der Waals surface area contributed by atoms with Crippen LogP contribution < -0.4 is 9.46 Å². The number of sulfonamides is 1. The van der Waals surface area contributed by atoms with Crippen molar-refractivity contribution in [2.24, 2.45) is 0 Å². The maximum Gasteiger partial charge on any atom is 0.337 e. The number of aromatic carboxylic acids is 1. The number of para-hydroxylation sites is 1. The average molecular weight is 321 g/mol. The number of methoxy groups -OCH3 is 1. The van der Waals surface area contributed by atoms with Gasteiger partial charge in [-0.05, 0) is 42.8 Å². The van der Waals surface area contributed by atoms with Crippen LogP contribution in [0, 0.1) is 6.92 Å². The summed E-state index contributed by atoms with van der Waals surface area (Å²) in [6.07, 6.45) is 0. The van der Waals surface area contributed by atoms with Crippen molar-refractivity contribution in [2.45, 2.75) is 11.8 Å². The Morgan fingerprint density at radius 3 is 2.45 bits per heavy atom. The van der Waals surface area contributed by atoms with Crippen molar-refractivity contribution in [1.29, 1.82) is 0 Å². The smallest absolute Gasteiger partial charge is 0.337 e. The van der Waals surface area contributed by atoms with Gasteiger partial charge >= 0.3 is 5.97 Å². The SMILES string of the molecule is COc1ccc(S(=O)(=O)Nc2ccccc2C(=O)O)cc1C. The second-order valence-electron chi connectivity index (χ2n) is 4.59. The van der Waals surface area contributed by atoms with Crippen molar-refractivity contribution in [3.8, 4) is 5.75 Å². The van der Waals surface area contributed by atoms with E-state index >= 15 is 0 Å². The van der Waals surface area contributed by atoms with Crippen molar-refractivity contribution in [1.82, 2.24) is 0 Å². The lowest BCUT2D eigenvalue weighted by molar-refractivity contribution is 0.0698. The van der Waals surface area contributed by atoms with Crippen LogP contribution in [0.3, 0.4) is 0 Å². The molecule has 0 aliphatic heterocycles. The van der Waals surface area contributed by atoms with Crippen LogP contribution in [-0.2, 0) is 10.0 Å². The molecule has 0 aromatic heterocycles. The maximum atomic E-state index is 12.4. The largest absolute Gasteiger partial charge is 0.496 e. The third-order valence-corrected chi connectivity index (χ3v) is 4.44. The van der Waals surface area contributed by atoms with E-state index < -0.39 is 16.0 Å². The van der Waals surface area contributed by atoms with Gasteiger partial charge in [-0.2, -0.15) is 0 Å². The number of hydrogen-bond acceptors (Lipinski definition) is 4. The quantitative estimate of drug-likeness (QED) is 0.882. The topological polar surface area (TPSA) is 92.7 Å². The first-order valence-corrected chi connectivity index (χ1v) is 7.83. The normalized spacial score (nSPS) is 11.0. The number of carboxylic acids is 1. The second kappa shape index (κ2) is 6.07. The summed E-state index contributed by atoms with van der Waals surface area (Å²) >= 11 is 0. The summed E-state index contributed by atoms with van der Waals surface area (Å²) in [5.41, 5.74) is 0.566. The molecule has 22 heavy (non-hydrogen) atoms. The Morgan fingerprint density at radius 2 is 1.86 bits per heavy atom. The highest BCUT2D eigenvalue weighted by Crippen LogP contribution is 2.24. The third-order valence-electron chi connectivity index (χ3n) is 3.08. The first kappa shape index (κ1) is 15.8. The number of benzene rings is 2. The number of carboxylic acid groups (broad SMARTS) is 1. The molecule has 2 rings (SSSR count). The van der Waals surface area contributed by atoms with E-state index in [1.807, 2.05) is 0 Å². The van der Waals surface area contributed by atoms with Crippen LogP contribution in [0.4, 0.5) is 5.69 Å². The molecule has 0 atom stereocenters. The summed E-state index contributed by atoms with van der Waals surface area (Å²) in [5, 5.41) is 9.09. The van der Waals surface area contributed by atoms with E-state index in [4.69, 9.17) is 9.84 Å². The molecule has 6 nitrogen and oxygen atoms in total. The lowest BCUT2D eigenvalue weighted by atomic mass is 10.2. The summed E-state index contributed by atoms with van der Waals surface area (Å²) in [4.78, 5) is 11.2. The highest BCUT2D eigenvalue weighted by atomic mass is 32.2. The zero-order valence-electron chi connectivity index (χ0n) is 12.0.